The number of thiophene rings is 1. The normalized spacial score (nSPS) is 13.0. The molecule has 0 amide bonds. The van der Waals surface area contributed by atoms with Gasteiger partial charge < -0.3 is 9.52 Å². The molecule has 25 heavy (non-hydrogen) atoms. The van der Waals surface area contributed by atoms with E-state index in [1.54, 1.807) is 11.3 Å². The molecule has 0 saturated carbocycles. The molecule has 3 heteroatoms. The van der Waals surface area contributed by atoms with Crippen molar-refractivity contribution in [3.8, 4) is 16.9 Å². The molecule has 1 aliphatic rings. The summed E-state index contributed by atoms with van der Waals surface area (Å²) in [6.45, 7) is 0. The van der Waals surface area contributed by atoms with E-state index in [2.05, 4.69) is 30.3 Å². The number of phenolic OH excluding ortho intramolecular Hbond substituents is 1. The molecular formula is C22H10O2S. The molecular weight excluding hydrogens is 328 g/mol. The van der Waals surface area contributed by atoms with Crippen LogP contribution in [0.3, 0.4) is 0 Å². The first-order valence-electron chi connectivity index (χ1n) is 8.27. The summed E-state index contributed by atoms with van der Waals surface area (Å²) in [6.07, 6.45) is 0. The van der Waals surface area contributed by atoms with Crippen molar-refractivity contribution in [2.75, 3.05) is 0 Å². The molecule has 1 aliphatic carbocycles. The fourth-order valence-corrected chi connectivity index (χ4v) is 5.67. The van der Waals surface area contributed by atoms with Crippen LogP contribution in [-0.4, -0.2) is 5.11 Å². The first kappa shape index (κ1) is 12.3. The summed E-state index contributed by atoms with van der Waals surface area (Å²) >= 11 is 1.79. The first-order valence-corrected chi connectivity index (χ1v) is 9.08. The van der Waals surface area contributed by atoms with Crippen molar-refractivity contribution in [3.05, 3.63) is 54.6 Å². The van der Waals surface area contributed by atoms with Crippen LogP contribution in [0.15, 0.2) is 59.0 Å². The SMILES string of the molecule is Oc1ccc2sc3ccc4ccc5oc6cccc7c6c5c4c3c2c1-7. The van der Waals surface area contributed by atoms with Crippen molar-refractivity contribution in [3.63, 3.8) is 0 Å². The Morgan fingerprint density at radius 1 is 0.680 bits per heavy atom. The average Bonchev–Trinajstić information content (AvgIpc) is 3.15. The Morgan fingerprint density at radius 2 is 1.48 bits per heavy atom. The highest BCUT2D eigenvalue weighted by molar-refractivity contribution is 7.26. The smallest absolute Gasteiger partial charge is 0.136 e. The topological polar surface area (TPSA) is 33.4 Å². The molecule has 7 rings (SSSR count). The summed E-state index contributed by atoms with van der Waals surface area (Å²) in [4.78, 5) is 0. The number of benzene rings is 4. The minimum absolute atomic E-state index is 0.332. The lowest BCUT2D eigenvalue weighted by molar-refractivity contribution is 0.478. The third kappa shape index (κ3) is 1.24. The fraction of sp³-hybridized carbons (Fsp3) is 0. The highest BCUT2D eigenvalue weighted by Crippen LogP contribution is 2.53. The maximum Gasteiger partial charge on any atom is 0.136 e. The molecule has 0 spiro atoms. The Morgan fingerprint density at radius 3 is 2.44 bits per heavy atom. The highest BCUT2D eigenvalue weighted by atomic mass is 32.1. The van der Waals surface area contributed by atoms with Gasteiger partial charge in [0.1, 0.15) is 16.9 Å². The second-order valence-corrected chi connectivity index (χ2v) is 7.77. The van der Waals surface area contributed by atoms with Gasteiger partial charge in [0.15, 0.2) is 0 Å². The van der Waals surface area contributed by atoms with E-state index in [4.69, 9.17) is 4.42 Å². The first-order chi connectivity index (χ1) is 12.3. The lowest BCUT2D eigenvalue weighted by Gasteiger charge is -2.07. The van der Waals surface area contributed by atoms with Crippen LogP contribution in [0.2, 0.25) is 0 Å². The molecule has 4 aromatic carbocycles. The number of hydrogen-bond acceptors (Lipinski definition) is 3. The summed E-state index contributed by atoms with van der Waals surface area (Å²) in [5.41, 5.74) is 3.78. The Hall–Kier alpha value is -3.04. The van der Waals surface area contributed by atoms with Gasteiger partial charge in [0.05, 0.1) is 0 Å². The Kier molecular flexibility index (Phi) is 1.87. The van der Waals surface area contributed by atoms with Crippen molar-refractivity contribution in [1.29, 1.82) is 0 Å². The minimum Gasteiger partial charge on any atom is -0.507 e. The summed E-state index contributed by atoms with van der Waals surface area (Å²) < 4.78 is 8.62. The lowest BCUT2D eigenvalue weighted by atomic mass is 9.97. The van der Waals surface area contributed by atoms with Crippen molar-refractivity contribution < 1.29 is 9.52 Å². The van der Waals surface area contributed by atoms with Crippen LogP contribution in [0.4, 0.5) is 0 Å². The van der Waals surface area contributed by atoms with Crippen LogP contribution in [0.5, 0.6) is 5.75 Å². The molecule has 0 unspecified atom stereocenters. The van der Waals surface area contributed by atoms with Crippen LogP contribution in [0.25, 0.3) is 64.0 Å². The summed E-state index contributed by atoms with van der Waals surface area (Å²) in [5.74, 6) is 0.332. The number of phenols is 1. The molecule has 0 aliphatic heterocycles. The molecule has 0 saturated heterocycles. The van der Waals surface area contributed by atoms with E-state index in [0.717, 1.165) is 27.7 Å². The Labute approximate surface area is 145 Å². The summed E-state index contributed by atoms with van der Waals surface area (Å²) in [5, 5.41) is 17.9. The van der Waals surface area contributed by atoms with E-state index in [0.29, 0.717) is 5.75 Å². The molecule has 1 N–H and O–H groups in total. The van der Waals surface area contributed by atoms with Crippen molar-refractivity contribution >= 4 is 64.2 Å². The zero-order valence-electron chi connectivity index (χ0n) is 13.0. The summed E-state index contributed by atoms with van der Waals surface area (Å²) in [6, 6.07) is 18.6. The third-order valence-electron chi connectivity index (χ3n) is 5.49. The van der Waals surface area contributed by atoms with E-state index in [-0.39, 0.29) is 0 Å². The maximum atomic E-state index is 10.8. The standard InChI is InChI=1S/C22H10O2S/c23-12-6-9-16-22-18(12)11-2-1-3-13-19(11)20-14(24-13)7-4-10-5-8-15(25-16)21(22)17(10)20/h1-9,23H. The largest absolute Gasteiger partial charge is 0.507 e. The number of hydrogen-bond donors (Lipinski definition) is 1. The number of fused-ring (bicyclic) bond motifs is 1. The van der Waals surface area contributed by atoms with Gasteiger partial charge in [-0.05, 0) is 41.3 Å². The predicted molar refractivity (Wildman–Crippen MR) is 105 cm³/mol. The lowest BCUT2D eigenvalue weighted by Crippen LogP contribution is -1.81. The number of furan rings is 1. The third-order valence-corrected chi connectivity index (χ3v) is 6.61. The zero-order valence-corrected chi connectivity index (χ0v) is 13.8. The average molecular weight is 338 g/mol. The molecule has 0 radical (unpaired) electrons. The number of aromatic hydroxyl groups is 1. The van der Waals surface area contributed by atoms with Gasteiger partial charge in [-0.25, -0.2) is 0 Å². The molecule has 0 atom stereocenters. The van der Waals surface area contributed by atoms with Gasteiger partial charge in [-0.15, -0.1) is 11.3 Å². The molecule has 116 valence electrons. The Balaban J connectivity index is 2.06. The van der Waals surface area contributed by atoms with Crippen molar-refractivity contribution in [2.24, 2.45) is 0 Å². The molecule has 0 fully saturated rings. The minimum atomic E-state index is 0.332. The van der Waals surface area contributed by atoms with Crippen LogP contribution in [-0.2, 0) is 0 Å². The van der Waals surface area contributed by atoms with Crippen LogP contribution < -0.4 is 0 Å². The monoisotopic (exact) mass is 338 g/mol. The van der Waals surface area contributed by atoms with Gasteiger partial charge >= 0.3 is 0 Å². The fourth-order valence-electron chi connectivity index (χ4n) is 4.54. The summed E-state index contributed by atoms with van der Waals surface area (Å²) in [7, 11) is 0. The van der Waals surface area contributed by atoms with E-state index < -0.39 is 0 Å². The van der Waals surface area contributed by atoms with Crippen molar-refractivity contribution in [1.82, 2.24) is 0 Å². The Bertz CT molecular complexity index is 1540. The van der Waals surface area contributed by atoms with E-state index >= 15 is 0 Å². The zero-order chi connectivity index (χ0) is 16.3. The molecule has 0 bridgehead atoms. The quantitative estimate of drug-likeness (QED) is 0.330. The van der Waals surface area contributed by atoms with E-state index in [1.165, 1.54) is 36.3 Å². The van der Waals surface area contributed by atoms with Gasteiger partial charge in [0.25, 0.3) is 0 Å². The second-order valence-electron chi connectivity index (χ2n) is 6.69. The van der Waals surface area contributed by atoms with Crippen LogP contribution >= 0.6 is 11.3 Å². The maximum absolute atomic E-state index is 10.8. The molecule has 2 heterocycles. The van der Waals surface area contributed by atoms with E-state index in [9.17, 15) is 5.11 Å². The van der Waals surface area contributed by atoms with Gasteiger partial charge in [0.2, 0.25) is 0 Å². The number of rotatable bonds is 0. The molecule has 2 nitrogen and oxygen atoms in total. The van der Waals surface area contributed by atoms with E-state index in [1.807, 2.05) is 24.3 Å². The van der Waals surface area contributed by atoms with Crippen molar-refractivity contribution in [2.45, 2.75) is 0 Å². The molecule has 6 aromatic rings. The van der Waals surface area contributed by atoms with Gasteiger partial charge in [0, 0.05) is 41.9 Å². The van der Waals surface area contributed by atoms with Crippen LogP contribution in [0.1, 0.15) is 0 Å². The molecule has 2 aromatic heterocycles. The van der Waals surface area contributed by atoms with Gasteiger partial charge in [-0.2, -0.15) is 0 Å². The second kappa shape index (κ2) is 3.79. The highest BCUT2D eigenvalue weighted by Gasteiger charge is 2.25. The predicted octanol–water partition coefficient (Wildman–Crippen LogP) is 6.79. The van der Waals surface area contributed by atoms with Gasteiger partial charge in [-0.1, -0.05) is 24.3 Å². The van der Waals surface area contributed by atoms with Crippen LogP contribution in [0, 0.1) is 0 Å². The van der Waals surface area contributed by atoms with Gasteiger partial charge in [-0.3, -0.25) is 0 Å².